The number of halogens is 1. The largest absolute Gasteiger partial charge is 0.496 e. The summed E-state index contributed by atoms with van der Waals surface area (Å²) in [4.78, 5) is 10.7. The Balaban J connectivity index is 2.40. The summed E-state index contributed by atoms with van der Waals surface area (Å²) in [5.41, 5.74) is 2.60. The van der Waals surface area contributed by atoms with Gasteiger partial charge in [0.1, 0.15) is 5.75 Å². The first-order valence-corrected chi connectivity index (χ1v) is 6.12. The highest BCUT2D eigenvalue weighted by Gasteiger charge is 2.08. The van der Waals surface area contributed by atoms with Crippen LogP contribution in [0.25, 0.3) is 11.1 Å². The molecule has 0 radical (unpaired) electrons. The lowest BCUT2D eigenvalue weighted by Crippen LogP contribution is -2.00. The van der Waals surface area contributed by atoms with Gasteiger partial charge in [0.2, 0.25) is 0 Å². The molecular weight excluding hydrogens is 264 g/mol. The SMILES string of the molecule is COc1cc(CC(=O)O)ccc1-c1ccc(Cl)cc1. The molecule has 98 valence electrons. The summed E-state index contributed by atoms with van der Waals surface area (Å²) in [6.45, 7) is 0. The monoisotopic (exact) mass is 276 g/mol. The van der Waals surface area contributed by atoms with Gasteiger partial charge >= 0.3 is 5.97 Å². The van der Waals surface area contributed by atoms with E-state index in [1.165, 1.54) is 0 Å². The topological polar surface area (TPSA) is 46.5 Å². The van der Waals surface area contributed by atoms with E-state index in [0.29, 0.717) is 16.3 Å². The first-order valence-electron chi connectivity index (χ1n) is 5.75. The molecule has 0 atom stereocenters. The van der Waals surface area contributed by atoms with E-state index in [9.17, 15) is 4.79 Å². The van der Waals surface area contributed by atoms with Crippen LogP contribution in [0.2, 0.25) is 5.02 Å². The Morgan fingerprint density at radius 1 is 1.21 bits per heavy atom. The number of ether oxygens (including phenoxy) is 1. The molecule has 2 aromatic carbocycles. The van der Waals surface area contributed by atoms with Crippen LogP contribution in [0, 0.1) is 0 Å². The van der Waals surface area contributed by atoms with Crippen molar-refractivity contribution in [2.45, 2.75) is 6.42 Å². The van der Waals surface area contributed by atoms with Crippen LogP contribution in [0.3, 0.4) is 0 Å². The summed E-state index contributed by atoms with van der Waals surface area (Å²) < 4.78 is 5.33. The minimum absolute atomic E-state index is 0.0166. The first-order chi connectivity index (χ1) is 9.10. The van der Waals surface area contributed by atoms with Crippen molar-refractivity contribution in [3.8, 4) is 16.9 Å². The lowest BCUT2D eigenvalue weighted by molar-refractivity contribution is -0.136. The van der Waals surface area contributed by atoms with Crippen molar-refractivity contribution < 1.29 is 14.6 Å². The van der Waals surface area contributed by atoms with E-state index in [0.717, 1.165) is 11.1 Å². The summed E-state index contributed by atoms with van der Waals surface area (Å²) in [6.07, 6.45) is -0.0166. The highest BCUT2D eigenvalue weighted by Crippen LogP contribution is 2.31. The Morgan fingerprint density at radius 2 is 1.89 bits per heavy atom. The van der Waals surface area contributed by atoms with Gasteiger partial charge in [-0.15, -0.1) is 0 Å². The van der Waals surface area contributed by atoms with Gasteiger partial charge < -0.3 is 9.84 Å². The van der Waals surface area contributed by atoms with Crippen molar-refractivity contribution in [1.29, 1.82) is 0 Å². The standard InChI is InChI=1S/C15H13ClO3/c1-19-14-8-10(9-15(17)18)2-7-13(14)11-3-5-12(16)6-4-11/h2-8H,9H2,1H3,(H,17,18). The van der Waals surface area contributed by atoms with Crippen molar-refractivity contribution in [2.24, 2.45) is 0 Å². The minimum atomic E-state index is -0.860. The molecule has 3 nitrogen and oxygen atoms in total. The van der Waals surface area contributed by atoms with Gasteiger partial charge in [-0.1, -0.05) is 35.9 Å². The second-order valence-corrected chi connectivity index (χ2v) is 4.55. The van der Waals surface area contributed by atoms with Crippen molar-refractivity contribution >= 4 is 17.6 Å². The van der Waals surface area contributed by atoms with Gasteiger partial charge in [-0.3, -0.25) is 4.79 Å². The van der Waals surface area contributed by atoms with Gasteiger partial charge in [-0.2, -0.15) is 0 Å². The number of rotatable bonds is 4. The lowest BCUT2D eigenvalue weighted by atomic mass is 10.0. The van der Waals surface area contributed by atoms with Crippen LogP contribution in [-0.4, -0.2) is 18.2 Å². The second kappa shape index (κ2) is 5.76. The molecule has 4 heteroatoms. The van der Waals surface area contributed by atoms with E-state index in [1.54, 1.807) is 19.2 Å². The molecule has 0 spiro atoms. The molecule has 19 heavy (non-hydrogen) atoms. The summed E-state index contributed by atoms with van der Waals surface area (Å²) in [7, 11) is 1.57. The van der Waals surface area contributed by atoms with Crippen molar-refractivity contribution in [1.82, 2.24) is 0 Å². The van der Waals surface area contributed by atoms with Crippen LogP contribution in [-0.2, 0) is 11.2 Å². The molecule has 0 aliphatic carbocycles. The third kappa shape index (κ3) is 3.26. The number of carboxylic acids is 1. The Hall–Kier alpha value is -2.00. The van der Waals surface area contributed by atoms with Crippen LogP contribution in [0.1, 0.15) is 5.56 Å². The van der Waals surface area contributed by atoms with E-state index in [4.69, 9.17) is 21.4 Å². The van der Waals surface area contributed by atoms with E-state index >= 15 is 0 Å². The molecule has 0 aliphatic heterocycles. The molecule has 2 aromatic rings. The number of hydrogen-bond donors (Lipinski definition) is 1. The average Bonchev–Trinajstić information content (AvgIpc) is 2.39. The molecule has 2 rings (SSSR count). The zero-order valence-electron chi connectivity index (χ0n) is 10.4. The van der Waals surface area contributed by atoms with Gasteiger partial charge in [0, 0.05) is 10.6 Å². The van der Waals surface area contributed by atoms with Gasteiger partial charge in [0.25, 0.3) is 0 Å². The predicted octanol–water partition coefficient (Wildman–Crippen LogP) is 3.64. The predicted molar refractivity (Wildman–Crippen MR) is 74.8 cm³/mol. The number of benzene rings is 2. The van der Waals surface area contributed by atoms with E-state index < -0.39 is 5.97 Å². The quantitative estimate of drug-likeness (QED) is 0.927. The minimum Gasteiger partial charge on any atom is -0.496 e. The lowest BCUT2D eigenvalue weighted by Gasteiger charge is -2.10. The van der Waals surface area contributed by atoms with Gasteiger partial charge in [-0.05, 0) is 29.3 Å². The zero-order chi connectivity index (χ0) is 13.8. The number of hydrogen-bond acceptors (Lipinski definition) is 2. The van der Waals surface area contributed by atoms with Gasteiger partial charge in [0.05, 0.1) is 13.5 Å². The van der Waals surface area contributed by atoms with Crippen LogP contribution < -0.4 is 4.74 Å². The number of methoxy groups -OCH3 is 1. The van der Waals surface area contributed by atoms with Crippen molar-refractivity contribution in [3.05, 3.63) is 53.1 Å². The fourth-order valence-corrected chi connectivity index (χ4v) is 2.01. The molecule has 0 bridgehead atoms. The van der Waals surface area contributed by atoms with Crippen LogP contribution in [0.5, 0.6) is 5.75 Å². The van der Waals surface area contributed by atoms with Gasteiger partial charge in [-0.25, -0.2) is 0 Å². The third-order valence-corrected chi connectivity index (χ3v) is 3.03. The molecule has 0 saturated carbocycles. The molecule has 1 N–H and O–H groups in total. The number of carbonyl (C=O) groups is 1. The second-order valence-electron chi connectivity index (χ2n) is 4.11. The Bertz CT molecular complexity index is 591. The fourth-order valence-electron chi connectivity index (χ4n) is 1.89. The highest BCUT2D eigenvalue weighted by molar-refractivity contribution is 6.30. The highest BCUT2D eigenvalue weighted by atomic mass is 35.5. The fraction of sp³-hybridized carbons (Fsp3) is 0.133. The summed E-state index contributed by atoms with van der Waals surface area (Å²) >= 11 is 5.86. The molecule has 0 heterocycles. The maximum atomic E-state index is 10.7. The van der Waals surface area contributed by atoms with Crippen molar-refractivity contribution in [2.75, 3.05) is 7.11 Å². The van der Waals surface area contributed by atoms with Crippen LogP contribution in [0.4, 0.5) is 0 Å². The van der Waals surface area contributed by atoms with E-state index in [1.807, 2.05) is 30.3 Å². The Kier molecular flexibility index (Phi) is 4.07. The zero-order valence-corrected chi connectivity index (χ0v) is 11.1. The summed E-state index contributed by atoms with van der Waals surface area (Å²) in [5.74, 6) is -0.206. The maximum Gasteiger partial charge on any atom is 0.307 e. The van der Waals surface area contributed by atoms with Crippen LogP contribution >= 0.6 is 11.6 Å². The normalized spacial score (nSPS) is 10.2. The molecule has 0 fully saturated rings. The summed E-state index contributed by atoms with van der Waals surface area (Å²) in [6, 6.07) is 12.8. The smallest absolute Gasteiger partial charge is 0.307 e. The van der Waals surface area contributed by atoms with Crippen molar-refractivity contribution in [3.63, 3.8) is 0 Å². The third-order valence-electron chi connectivity index (χ3n) is 2.78. The Morgan fingerprint density at radius 3 is 2.47 bits per heavy atom. The number of carboxylic acid groups (broad SMARTS) is 1. The first kappa shape index (κ1) is 13.4. The van der Waals surface area contributed by atoms with Gasteiger partial charge in [0.15, 0.2) is 0 Å². The maximum absolute atomic E-state index is 10.7. The average molecular weight is 277 g/mol. The van der Waals surface area contributed by atoms with E-state index in [2.05, 4.69) is 0 Å². The molecule has 0 aromatic heterocycles. The van der Waals surface area contributed by atoms with E-state index in [-0.39, 0.29) is 6.42 Å². The summed E-state index contributed by atoms with van der Waals surface area (Å²) in [5, 5.41) is 9.46. The molecule has 0 aliphatic rings. The molecular formula is C15H13ClO3. The number of aliphatic carboxylic acids is 1. The van der Waals surface area contributed by atoms with Crippen LogP contribution in [0.15, 0.2) is 42.5 Å². The molecule has 0 unspecified atom stereocenters. The molecule has 0 amide bonds. The molecule has 0 saturated heterocycles. The Labute approximate surface area is 116 Å².